The Balaban J connectivity index is 2.41. The number of nitrogens with zero attached hydrogens (tertiary/aromatic N) is 1. The highest BCUT2D eigenvalue weighted by molar-refractivity contribution is 9.09. The summed E-state index contributed by atoms with van der Waals surface area (Å²) in [6.45, 7) is 2.77. The second kappa shape index (κ2) is 7.41. The summed E-state index contributed by atoms with van der Waals surface area (Å²) in [5.74, 6) is 1.02. The molecule has 0 saturated carbocycles. The Kier molecular flexibility index (Phi) is 6.19. The van der Waals surface area contributed by atoms with Crippen LogP contribution < -0.4 is 4.74 Å². The standard InChI is InChI=1S/C14H20BrNO2/c1-11(15)10-16(2)14(17)9-6-12-4-7-13(18-3)8-5-12/h4-5,7-8,11H,6,9-10H2,1-3H3. The van der Waals surface area contributed by atoms with Crippen molar-refractivity contribution in [3.63, 3.8) is 0 Å². The van der Waals surface area contributed by atoms with Crippen LogP contribution in [0.15, 0.2) is 24.3 Å². The van der Waals surface area contributed by atoms with Gasteiger partial charge in [0.2, 0.25) is 5.91 Å². The van der Waals surface area contributed by atoms with Crippen molar-refractivity contribution in [1.29, 1.82) is 0 Å². The Morgan fingerprint density at radius 2 is 2.00 bits per heavy atom. The predicted octanol–water partition coefficient (Wildman–Crippen LogP) is 2.87. The Hall–Kier alpha value is -1.03. The normalized spacial score (nSPS) is 12.0. The number of amides is 1. The van der Waals surface area contributed by atoms with E-state index in [2.05, 4.69) is 15.9 Å². The second-order valence-electron chi connectivity index (χ2n) is 4.40. The minimum absolute atomic E-state index is 0.178. The fraction of sp³-hybridized carbons (Fsp3) is 0.500. The SMILES string of the molecule is COc1ccc(CCC(=O)N(C)CC(C)Br)cc1. The van der Waals surface area contributed by atoms with Crippen LogP contribution in [0.4, 0.5) is 0 Å². The van der Waals surface area contributed by atoms with Crippen molar-refractivity contribution in [3.8, 4) is 5.75 Å². The van der Waals surface area contributed by atoms with Crippen molar-refractivity contribution in [2.45, 2.75) is 24.6 Å². The molecule has 0 aromatic heterocycles. The monoisotopic (exact) mass is 313 g/mol. The summed E-state index contributed by atoms with van der Waals surface area (Å²) in [7, 11) is 3.49. The van der Waals surface area contributed by atoms with Gasteiger partial charge in [-0.2, -0.15) is 0 Å². The van der Waals surface area contributed by atoms with Gasteiger partial charge in [-0.15, -0.1) is 0 Å². The van der Waals surface area contributed by atoms with Crippen LogP contribution in [0.2, 0.25) is 0 Å². The summed E-state index contributed by atoms with van der Waals surface area (Å²) in [5, 5.41) is 0. The van der Waals surface area contributed by atoms with Crippen molar-refractivity contribution >= 4 is 21.8 Å². The maximum atomic E-state index is 11.9. The van der Waals surface area contributed by atoms with Gasteiger partial charge < -0.3 is 9.64 Å². The number of aryl methyl sites for hydroxylation is 1. The van der Waals surface area contributed by atoms with E-state index in [1.54, 1.807) is 12.0 Å². The summed E-state index contributed by atoms with van der Waals surface area (Å²) < 4.78 is 5.10. The third-order valence-corrected chi connectivity index (χ3v) is 3.03. The van der Waals surface area contributed by atoms with Crippen LogP contribution in [-0.4, -0.2) is 36.3 Å². The fourth-order valence-electron chi connectivity index (χ4n) is 1.71. The molecule has 0 saturated heterocycles. The second-order valence-corrected chi connectivity index (χ2v) is 5.97. The molecule has 1 aromatic rings. The minimum Gasteiger partial charge on any atom is -0.497 e. The molecule has 1 atom stereocenters. The van der Waals surface area contributed by atoms with E-state index in [1.165, 1.54) is 0 Å². The quantitative estimate of drug-likeness (QED) is 0.756. The molecule has 4 heteroatoms. The molecular formula is C14H20BrNO2. The molecule has 1 unspecified atom stereocenters. The van der Waals surface area contributed by atoms with Crippen LogP contribution in [0.5, 0.6) is 5.75 Å². The van der Waals surface area contributed by atoms with E-state index in [9.17, 15) is 4.79 Å². The van der Waals surface area contributed by atoms with Gasteiger partial charge in [0.15, 0.2) is 0 Å². The van der Waals surface area contributed by atoms with Gasteiger partial charge in [-0.3, -0.25) is 4.79 Å². The van der Waals surface area contributed by atoms with Crippen molar-refractivity contribution < 1.29 is 9.53 Å². The lowest BCUT2D eigenvalue weighted by atomic mass is 10.1. The van der Waals surface area contributed by atoms with Gasteiger partial charge in [0.1, 0.15) is 5.75 Å². The number of rotatable bonds is 6. The first-order chi connectivity index (χ1) is 8.52. The first-order valence-electron chi connectivity index (χ1n) is 6.04. The zero-order valence-electron chi connectivity index (χ0n) is 11.1. The smallest absolute Gasteiger partial charge is 0.222 e. The highest BCUT2D eigenvalue weighted by atomic mass is 79.9. The van der Waals surface area contributed by atoms with Crippen molar-refractivity contribution in [1.82, 2.24) is 4.90 Å². The Labute approximate surface area is 117 Å². The number of alkyl halides is 1. The molecule has 0 fully saturated rings. The number of halogens is 1. The highest BCUT2D eigenvalue weighted by Gasteiger charge is 2.10. The van der Waals surface area contributed by atoms with Gasteiger partial charge in [-0.05, 0) is 24.1 Å². The van der Waals surface area contributed by atoms with E-state index in [0.717, 1.165) is 24.3 Å². The topological polar surface area (TPSA) is 29.5 Å². The van der Waals surface area contributed by atoms with Crippen LogP contribution in [0.1, 0.15) is 18.9 Å². The van der Waals surface area contributed by atoms with Gasteiger partial charge in [-0.25, -0.2) is 0 Å². The lowest BCUT2D eigenvalue weighted by molar-refractivity contribution is -0.129. The molecule has 0 aliphatic carbocycles. The van der Waals surface area contributed by atoms with Gasteiger partial charge in [0.05, 0.1) is 7.11 Å². The zero-order chi connectivity index (χ0) is 13.5. The van der Waals surface area contributed by atoms with Crippen LogP contribution in [0.25, 0.3) is 0 Å². The Morgan fingerprint density at radius 3 is 2.50 bits per heavy atom. The van der Waals surface area contributed by atoms with Crippen LogP contribution in [0, 0.1) is 0 Å². The van der Waals surface area contributed by atoms with Crippen LogP contribution in [0.3, 0.4) is 0 Å². The number of hydrogen-bond donors (Lipinski definition) is 0. The maximum Gasteiger partial charge on any atom is 0.222 e. The average molecular weight is 314 g/mol. The lowest BCUT2D eigenvalue weighted by Gasteiger charge is -2.18. The van der Waals surface area contributed by atoms with E-state index in [0.29, 0.717) is 11.2 Å². The molecule has 3 nitrogen and oxygen atoms in total. The third-order valence-electron chi connectivity index (χ3n) is 2.74. The van der Waals surface area contributed by atoms with Gasteiger partial charge in [0, 0.05) is 24.8 Å². The van der Waals surface area contributed by atoms with Crippen molar-refractivity contribution in [2.75, 3.05) is 20.7 Å². The summed E-state index contributed by atoms with van der Waals surface area (Å²) in [6.07, 6.45) is 1.31. The molecule has 0 N–H and O–H groups in total. The molecule has 0 aliphatic heterocycles. The molecule has 0 aliphatic rings. The number of carbonyl (C=O) groups excluding carboxylic acids is 1. The van der Waals surface area contributed by atoms with Crippen molar-refractivity contribution in [3.05, 3.63) is 29.8 Å². The number of hydrogen-bond acceptors (Lipinski definition) is 2. The first-order valence-corrected chi connectivity index (χ1v) is 6.95. The summed E-state index contributed by atoms with van der Waals surface area (Å²) in [5.41, 5.74) is 1.16. The van der Waals surface area contributed by atoms with Gasteiger partial charge >= 0.3 is 0 Å². The molecule has 1 rings (SSSR count). The van der Waals surface area contributed by atoms with E-state index in [4.69, 9.17) is 4.74 Å². The highest BCUT2D eigenvalue weighted by Crippen LogP contribution is 2.13. The van der Waals surface area contributed by atoms with Crippen LogP contribution in [-0.2, 0) is 11.2 Å². The number of ether oxygens (including phenoxy) is 1. The molecule has 100 valence electrons. The van der Waals surface area contributed by atoms with Crippen LogP contribution >= 0.6 is 15.9 Å². The molecular weight excluding hydrogens is 294 g/mol. The Bertz CT molecular complexity index is 376. The molecule has 0 heterocycles. The predicted molar refractivity (Wildman–Crippen MR) is 77.3 cm³/mol. The number of methoxy groups -OCH3 is 1. The van der Waals surface area contributed by atoms with Gasteiger partial charge in [-0.1, -0.05) is 35.0 Å². The first kappa shape index (κ1) is 15.0. The maximum absolute atomic E-state index is 11.9. The molecule has 18 heavy (non-hydrogen) atoms. The molecule has 0 radical (unpaired) electrons. The van der Waals surface area contributed by atoms with Crippen molar-refractivity contribution in [2.24, 2.45) is 0 Å². The van der Waals surface area contributed by atoms with Gasteiger partial charge in [0.25, 0.3) is 0 Å². The van der Waals surface area contributed by atoms with E-state index < -0.39 is 0 Å². The number of carbonyl (C=O) groups is 1. The number of benzene rings is 1. The zero-order valence-corrected chi connectivity index (χ0v) is 12.7. The van der Waals surface area contributed by atoms with E-state index in [1.807, 2.05) is 38.2 Å². The summed E-state index contributed by atoms with van der Waals surface area (Å²) in [4.78, 5) is 13.9. The molecule has 0 bridgehead atoms. The molecule has 1 aromatic carbocycles. The summed E-state index contributed by atoms with van der Waals surface area (Å²) >= 11 is 3.45. The fourth-order valence-corrected chi connectivity index (χ4v) is 2.15. The van der Waals surface area contributed by atoms with E-state index in [-0.39, 0.29) is 5.91 Å². The summed E-state index contributed by atoms with van der Waals surface area (Å²) in [6, 6.07) is 7.84. The molecule has 1 amide bonds. The Morgan fingerprint density at radius 1 is 1.39 bits per heavy atom. The minimum atomic E-state index is 0.178. The third kappa shape index (κ3) is 5.08. The lowest BCUT2D eigenvalue weighted by Crippen LogP contribution is -2.31. The van der Waals surface area contributed by atoms with E-state index >= 15 is 0 Å². The molecule has 0 spiro atoms. The largest absolute Gasteiger partial charge is 0.497 e. The average Bonchev–Trinajstić information content (AvgIpc) is 2.35.